The number of carbonyl (C=O) groups excluding carboxylic acids is 1. The van der Waals surface area contributed by atoms with Crippen molar-refractivity contribution < 1.29 is 9.53 Å². The molecule has 27 heavy (non-hydrogen) atoms. The van der Waals surface area contributed by atoms with Crippen molar-refractivity contribution in [2.75, 3.05) is 25.0 Å². The third-order valence-electron chi connectivity index (χ3n) is 6.55. The number of amides is 1. The van der Waals surface area contributed by atoms with Crippen molar-refractivity contribution in [1.82, 2.24) is 4.90 Å². The highest BCUT2D eigenvalue weighted by Crippen LogP contribution is 2.50. The summed E-state index contributed by atoms with van der Waals surface area (Å²) in [4.78, 5) is 15.4. The predicted molar refractivity (Wildman–Crippen MR) is 110 cm³/mol. The average molecular weight is 374 g/mol. The third kappa shape index (κ3) is 4.20. The van der Waals surface area contributed by atoms with Crippen LogP contribution in [0, 0.1) is 5.41 Å². The average Bonchev–Trinajstić information content (AvgIpc) is 2.91. The van der Waals surface area contributed by atoms with E-state index in [-0.39, 0.29) is 17.4 Å². The lowest BCUT2D eigenvalue weighted by atomic mass is 9.54. The van der Waals surface area contributed by atoms with Gasteiger partial charge >= 0.3 is 0 Å². The number of hydrogen-bond donors (Lipinski definition) is 2. The van der Waals surface area contributed by atoms with Crippen LogP contribution in [0.2, 0.25) is 0 Å². The molecule has 2 fully saturated rings. The molecule has 1 saturated heterocycles. The van der Waals surface area contributed by atoms with Crippen LogP contribution in [0.25, 0.3) is 0 Å². The number of carbonyl (C=O) groups is 1. The van der Waals surface area contributed by atoms with Gasteiger partial charge in [0, 0.05) is 30.7 Å². The molecule has 1 aliphatic carbocycles. The summed E-state index contributed by atoms with van der Waals surface area (Å²) in [5.41, 5.74) is 7.29. The van der Waals surface area contributed by atoms with Crippen LogP contribution in [-0.2, 0) is 16.1 Å². The van der Waals surface area contributed by atoms with Crippen molar-refractivity contribution in [2.45, 2.75) is 71.1 Å². The van der Waals surface area contributed by atoms with E-state index in [1.807, 2.05) is 32.9 Å². The molecule has 150 valence electrons. The first-order valence-electron chi connectivity index (χ1n) is 10.4. The Hall–Kier alpha value is -1.43. The Balaban J connectivity index is 1.57. The Kier molecular flexibility index (Phi) is 6.24. The van der Waals surface area contributed by atoms with Crippen LogP contribution in [0.5, 0.6) is 0 Å². The summed E-state index contributed by atoms with van der Waals surface area (Å²) in [6, 6.07) is 8.19. The van der Waals surface area contributed by atoms with E-state index in [1.54, 1.807) is 0 Å². The number of benzene rings is 1. The van der Waals surface area contributed by atoms with Crippen LogP contribution in [0.15, 0.2) is 24.3 Å². The van der Waals surface area contributed by atoms with E-state index in [0.29, 0.717) is 13.0 Å². The van der Waals surface area contributed by atoms with Gasteiger partial charge in [-0.25, -0.2) is 0 Å². The summed E-state index contributed by atoms with van der Waals surface area (Å²) in [5.74, 6) is -0.122. The van der Waals surface area contributed by atoms with E-state index in [4.69, 9.17) is 10.5 Å². The summed E-state index contributed by atoms with van der Waals surface area (Å²) in [7, 11) is 0. The molecule has 5 heteroatoms. The molecule has 0 spiro atoms. The molecule has 1 aliphatic heterocycles. The van der Waals surface area contributed by atoms with Gasteiger partial charge in [-0.2, -0.15) is 0 Å². The summed E-state index contributed by atoms with van der Waals surface area (Å²) in [5, 5.41) is 3.01. The van der Waals surface area contributed by atoms with E-state index >= 15 is 0 Å². The number of rotatable bonds is 6. The first-order chi connectivity index (χ1) is 12.9. The number of nitrogens with two attached hydrogens (primary N) is 1. The quantitative estimate of drug-likeness (QED) is 0.800. The van der Waals surface area contributed by atoms with Gasteiger partial charge in [-0.3, -0.25) is 9.69 Å². The number of anilines is 1. The largest absolute Gasteiger partial charge is 0.378 e. The van der Waals surface area contributed by atoms with Crippen molar-refractivity contribution in [3.8, 4) is 0 Å². The second kappa shape index (κ2) is 8.29. The number of nitrogens with zero attached hydrogens (tertiary/aromatic N) is 1. The van der Waals surface area contributed by atoms with Gasteiger partial charge in [-0.1, -0.05) is 38.8 Å². The fourth-order valence-corrected chi connectivity index (χ4v) is 4.31. The van der Waals surface area contributed by atoms with E-state index in [2.05, 4.69) is 22.3 Å². The van der Waals surface area contributed by atoms with E-state index in [0.717, 1.165) is 12.2 Å². The van der Waals surface area contributed by atoms with Crippen LogP contribution in [0.1, 0.15) is 58.4 Å². The van der Waals surface area contributed by atoms with Gasteiger partial charge in [0.15, 0.2) is 0 Å². The number of likely N-dealkylation sites (tertiary alicyclic amines) is 1. The minimum Gasteiger partial charge on any atom is -0.378 e. The summed E-state index contributed by atoms with van der Waals surface area (Å²) in [6.45, 7) is 10.00. The van der Waals surface area contributed by atoms with Gasteiger partial charge in [-0.15, -0.1) is 0 Å². The number of nitrogens with one attached hydrogen (secondary N) is 1. The lowest BCUT2D eigenvalue weighted by molar-refractivity contribution is -0.166. The molecular formula is C22H35N3O2. The van der Waals surface area contributed by atoms with Crippen molar-refractivity contribution >= 4 is 11.6 Å². The normalized spacial score (nSPS) is 28.2. The Morgan fingerprint density at radius 2 is 1.81 bits per heavy atom. The Morgan fingerprint density at radius 1 is 1.19 bits per heavy atom. The Labute approximate surface area is 163 Å². The number of hydrogen-bond acceptors (Lipinski definition) is 4. The zero-order chi connectivity index (χ0) is 19.5. The molecule has 1 heterocycles. The monoisotopic (exact) mass is 373 g/mol. The second-order valence-electron chi connectivity index (χ2n) is 8.68. The molecule has 5 nitrogen and oxygen atoms in total. The first-order valence-corrected chi connectivity index (χ1v) is 10.4. The van der Waals surface area contributed by atoms with Crippen LogP contribution < -0.4 is 11.1 Å². The van der Waals surface area contributed by atoms with Crippen molar-refractivity contribution in [3.63, 3.8) is 0 Å². The molecule has 2 atom stereocenters. The molecule has 3 rings (SSSR count). The SMILES string of the molecule is CCOC1CC(N)(C(=O)Nc2ccc(CN3CCCCCC3)cc2)C1(C)C. The van der Waals surface area contributed by atoms with Crippen LogP contribution in [0.3, 0.4) is 0 Å². The molecule has 0 bridgehead atoms. The molecule has 1 aromatic rings. The zero-order valence-electron chi connectivity index (χ0n) is 17.1. The highest BCUT2D eigenvalue weighted by atomic mass is 16.5. The highest BCUT2D eigenvalue weighted by Gasteiger charge is 2.62. The van der Waals surface area contributed by atoms with E-state index in [1.165, 1.54) is 44.3 Å². The summed E-state index contributed by atoms with van der Waals surface area (Å²) in [6.07, 6.45) is 5.89. The predicted octanol–water partition coefficient (Wildman–Crippen LogP) is 3.53. The Bertz CT molecular complexity index is 635. The van der Waals surface area contributed by atoms with Gasteiger partial charge in [0.05, 0.1) is 6.10 Å². The molecular weight excluding hydrogens is 338 g/mol. The van der Waals surface area contributed by atoms with Crippen molar-refractivity contribution in [1.29, 1.82) is 0 Å². The van der Waals surface area contributed by atoms with Crippen LogP contribution in [0.4, 0.5) is 5.69 Å². The maximum Gasteiger partial charge on any atom is 0.245 e. The minimum absolute atomic E-state index is 0.0363. The molecule has 1 saturated carbocycles. The molecule has 1 amide bonds. The lowest BCUT2D eigenvalue weighted by Gasteiger charge is -2.57. The van der Waals surface area contributed by atoms with Gasteiger partial charge < -0.3 is 15.8 Å². The maximum atomic E-state index is 12.8. The van der Waals surface area contributed by atoms with E-state index in [9.17, 15) is 4.79 Å². The zero-order valence-corrected chi connectivity index (χ0v) is 17.1. The van der Waals surface area contributed by atoms with Gasteiger partial charge in [0.1, 0.15) is 5.54 Å². The van der Waals surface area contributed by atoms with Crippen molar-refractivity contribution in [2.24, 2.45) is 11.1 Å². The van der Waals surface area contributed by atoms with Gasteiger partial charge in [-0.05, 0) is 50.6 Å². The number of ether oxygens (including phenoxy) is 1. The van der Waals surface area contributed by atoms with Crippen LogP contribution in [-0.4, -0.2) is 42.1 Å². The molecule has 1 aromatic carbocycles. The lowest BCUT2D eigenvalue weighted by Crippen LogP contribution is -2.74. The maximum absolute atomic E-state index is 12.8. The smallest absolute Gasteiger partial charge is 0.245 e. The topological polar surface area (TPSA) is 67.6 Å². The van der Waals surface area contributed by atoms with Crippen LogP contribution >= 0.6 is 0 Å². The molecule has 0 radical (unpaired) electrons. The highest BCUT2D eigenvalue weighted by molar-refractivity contribution is 5.99. The van der Waals surface area contributed by atoms with Gasteiger partial charge in [0.25, 0.3) is 0 Å². The Morgan fingerprint density at radius 3 is 2.37 bits per heavy atom. The van der Waals surface area contributed by atoms with Crippen molar-refractivity contribution in [3.05, 3.63) is 29.8 Å². The molecule has 3 N–H and O–H groups in total. The minimum atomic E-state index is -0.891. The molecule has 0 aromatic heterocycles. The fourth-order valence-electron chi connectivity index (χ4n) is 4.31. The second-order valence-corrected chi connectivity index (χ2v) is 8.68. The standard InChI is InChI=1S/C22H35N3O2/c1-4-27-19-15-22(23,21(19,2)3)20(26)24-18-11-9-17(10-12-18)16-25-13-7-5-6-8-14-25/h9-12,19H,4-8,13-16,23H2,1-3H3,(H,24,26). The third-order valence-corrected chi connectivity index (χ3v) is 6.55. The fraction of sp³-hybridized carbons (Fsp3) is 0.682. The van der Waals surface area contributed by atoms with E-state index < -0.39 is 5.54 Å². The molecule has 2 aliphatic rings. The first kappa shape index (κ1) is 20.3. The van der Waals surface area contributed by atoms with Gasteiger partial charge in [0.2, 0.25) is 5.91 Å². The molecule has 2 unspecified atom stereocenters. The summed E-state index contributed by atoms with van der Waals surface area (Å²) < 4.78 is 5.72. The summed E-state index contributed by atoms with van der Waals surface area (Å²) >= 11 is 0.